The quantitative estimate of drug-likeness (QED) is 0.144. The third kappa shape index (κ3) is 11.4. The Morgan fingerprint density at radius 1 is 0.931 bits per heavy atom. The first kappa shape index (κ1) is 44.1. The zero-order chi connectivity index (χ0) is 42.2. The molecule has 3 fully saturated rings. The van der Waals surface area contributed by atoms with Crippen molar-refractivity contribution >= 4 is 45.3 Å². The second-order valence-electron chi connectivity index (χ2n) is 16.4. The van der Waals surface area contributed by atoms with Crippen molar-refractivity contribution in [1.29, 1.82) is 0 Å². The van der Waals surface area contributed by atoms with E-state index in [4.69, 9.17) is 4.74 Å². The molecule has 5 N–H and O–H groups in total. The number of benzene rings is 1. The summed E-state index contributed by atoms with van der Waals surface area (Å²) in [5.41, 5.74) is -0.852. The van der Waals surface area contributed by atoms with E-state index in [0.717, 1.165) is 32.1 Å². The van der Waals surface area contributed by atoms with Crippen molar-refractivity contribution in [1.82, 2.24) is 40.9 Å². The number of carbonyl (C=O) groups is 6. The molecule has 1 saturated heterocycles. The van der Waals surface area contributed by atoms with E-state index in [1.165, 1.54) is 54.8 Å². The predicted octanol–water partition coefficient (Wildman–Crippen LogP) is 1.78. The van der Waals surface area contributed by atoms with Gasteiger partial charge < -0.3 is 30.9 Å². The van der Waals surface area contributed by atoms with E-state index in [-0.39, 0.29) is 41.9 Å². The van der Waals surface area contributed by atoms with Gasteiger partial charge in [-0.1, -0.05) is 53.4 Å². The van der Waals surface area contributed by atoms with Crippen LogP contribution in [0.2, 0.25) is 0 Å². The highest BCUT2D eigenvalue weighted by molar-refractivity contribution is 7.89. The van der Waals surface area contributed by atoms with Gasteiger partial charge in [0.25, 0.3) is 11.8 Å². The first-order valence-electron chi connectivity index (χ1n) is 20.1. The smallest absolute Gasteiger partial charge is 0.289 e. The maximum atomic E-state index is 14.8. The van der Waals surface area contributed by atoms with Crippen molar-refractivity contribution in [3.05, 3.63) is 48.5 Å². The molecule has 5 amide bonds. The summed E-state index contributed by atoms with van der Waals surface area (Å²) in [6.45, 7) is 7.05. The minimum atomic E-state index is -3.71. The van der Waals surface area contributed by atoms with Crippen LogP contribution in [0, 0.1) is 11.3 Å². The van der Waals surface area contributed by atoms with Crippen LogP contribution in [0.5, 0.6) is 5.75 Å². The summed E-state index contributed by atoms with van der Waals surface area (Å²) in [5.74, 6) is -3.86. The van der Waals surface area contributed by atoms with E-state index in [0.29, 0.717) is 25.0 Å². The third-order valence-electron chi connectivity index (χ3n) is 10.8. The molecule has 2 aliphatic carbocycles. The van der Waals surface area contributed by atoms with E-state index in [2.05, 4.69) is 36.0 Å². The van der Waals surface area contributed by atoms with Gasteiger partial charge in [-0.05, 0) is 74.8 Å². The van der Waals surface area contributed by atoms with Gasteiger partial charge in [-0.3, -0.25) is 33.8 Å². The van der Waals surface area contributed by atoms with Gasteiger partial charge in [-0.15, -0.1) is 0 Å². The average molecular weight is 825 g/mol. The Hall–Kier alpha value is -4.97. The summed E-state index contributed by atoms with van der Waals surface area (Å²) in [6.07, 6.45) is 9.71. The van der Waals surface area contributed by atoms with Crippen molar-refractivity contribution in [3.8, 4) is 5.75 Å². The van der Waals surface area contributed by atoms with Crippen molar-refractivity contribution in [2.24, 2.45) is 11.3 Å². The third-order valence-corrected chi connectivity index (χ3v) is 12.2. The zero-order valence-electron chi connectivity index (χ0n) is 33.8. The van der Waals surface area contributed by atoms with Crippen molar-refractivity contribution in [2.45, 2.75) is 133 Å². The number of likely N-dealkylation sites (tertiary alicyclic amines) is 1. The number of sulfonamides is 1. The number of ketones is 1. The molecule has 5 rings (SSSR count). The molecule has 3 aliphatic rings. The molecule has 316 valence electrons. The van der Waals surface area contributed by atoms with Gasteiger partial charge in [-0.2, -0.15) is 0 Å². The van der Waals surface area contributed by atoms with Crippen LogP contribution in [-0.4, -0.2) is 109 Å². The van der Waals surface area contributed by atoms with Crippen LogP contribution in [0.15, 0.2) is 47.8 Å². The maximum absolute atomic E-state index is 14.8. The number of aromatic nitrogens is 2. The summed E-state index contributed by atoms with van der Waals surface area (Å²) < 4.78 is 33.1. The minimum absolute atomic E-state index is 0.0148. The molecule has 1 aromatic heterocycles. The summed E-state index contributed by atoms with van der Waals surface area (Å²) in [4.78, 5) is 92.0. The fourth-order valence-corrected chi connectivity index (χ4v) is 8.12. The second kappa shape index (κ2) is 19.2. The molecule has 0 bridgehead atoms. The number of carbonyl (C=O) groups excluding carboxylic acids is 6. The lowest BCUT2D eigenvalue weighted by Crippen LogP contribution is -2.62. The number of nitrogens with zero attached hydrogens (tertiary/aromatic N) is 3. The molecule has 2 heterocycles. The molecule has 0 spiro atoms. The Labute approximate surface area is 339 Å². The normalized spacial score (nSPS) is 20.3. The summed E-state index contributed by atoms with van der Waals surface area (Å²) >= 11 is 0. The van der Waals surface area contributed by atoms with Crippen LogP contribution in [-0.2, 0) is 34.0 Å². The largest absolute Gasteiger partial charge is 0.488 e. The van der Waals surface area contributed by atoms with Gasteiger partial charge in [0.05, 0.1) is 23.7 Å². The van der Waals surface area contributed by atoms with E-state index in [1.54, 1.807) is 20.8 Å². The highest BCUT2D eigenvalue weighted by Gasteiger charge is 2.47. The fourth-order valence-electron chi connectivity index (χ4n) is 7.39. The molecule has 18 heteroatoms. The van der Waals surface area contributed by atoms with Crippen molar-refractivity contribution in [3.63, 3.8) is 0 Å². The van der Waals surface area contributed by atoms with Crippen molar-refractivity contribution in [2.75, 3.05) is 13.6 Å². The zero-order valence-corrected chi connectivity index (χ0v) is 34.6. The van der Waals surface area contributed by atoms with Crippen LogP contribution in [0.3, 0.4) is 0 Å². The highest BCUT2D eigenvalue weighted by Crippen LogP contribution is 2.31. The Morgan fingerprint density at radius 3 is 2.21 bits per heavy atom. The molecule has 1 aromatic carbocycles. The second-order valence-corrected chi connectivity index (χ2v) is 18.3. The molecule has 2 saturated carbocycles. The van der Waals surface area contributed by atoms with Gasteiger partial charge >= 0.3 is 0 Å². The number of amides is 5. The molecule has 17 nitrogen and oxygen atoms in total. The Morgan fingerprint density at radius 2 is 1.62 bits per heavy atom. The Balaban J connectivity index is 1.41. The summed E-state index contributed by atoms with van der Waals surface area (Å²) in [6, 6.07) is 1.13. The molecule has 0 radical (unpaired) electrons. The van der Waals surface area contributed by atoms with E-state index < -0.39 is 81.0 Å². The molecular formula is C40H56N8O9S. The number of hydrogen-bond donors (Lipinski definition) is 5. The van der Waals surface area contributed by atoms with E-state index in [1.807, 2.05) is 6.92 Å². The SMILES string of the molecule is CCC[C@H](NC(=O)[C@@H]1C[C@@H](Oc2ccc(S(=O)(=O)NC)cc2)CN1C(=O)[C@@H](NC(=O)[C@@H](NC(=O)c1cnccn1)C1CCCCC1)C(C)(C)C)C(=O)C(=O)NC1CC1. The summed E-state index contributed by atoms with van der Waals surface area (Å²) in [7, 11) is -2.42. The topological polar surface area (TPSA) is 235 Å². The molecule has 58 heavy (non-hydrogen) atoms. The molecule has 2 aromatic rings. The van der Waals surface area contributed by atoms with Gasteiger partial charge in [0.15, 0.2) is 0 Å². The first-order valence-corrected chi connectivity index (χ1v) is 21.5. The van der Waals surface area contributed by atoms with Gasteiger partial charge in [0.2, 0.25) is 33.5 Å². The number of Topliss-reactive ketones (excluding diaryl/α,β-unsaturated/α-hetero) is 1. The van der Waals surface area contributed by atoms with Crippen LogP contribution in [0.1, 0.15) is 102 Å². The lowest BCUT2D eigenvalue weighted by Gasteiger charge is -2.37. The molecule has 0 unspecified atom stereocenters. The Bertz CT molecular complexity index is 1910. The van der Waals surface area contributed by atoms with Crippen LogP contribution in [0.4, 0.5) is 0 Å². The van der Waals surface area contributed by atoms with Gasteiger partial charge in [0.1, 0.15) is 35.7 Å². The minimum Gasteiger partial charge on any atom is -0.488 e. The number of hydrogen-bond acceptors (Lipinski definition) is 11. The number of ether oxygens (including phenoxy) is 1. The van der Waals surface area contributed by atoms with E-state index >= 15 is 0 Å². The highest BCUT2D eigenvalue weighted by atomic mass is 32.2. The maximum Gasteiger partial charge on any atom is 0.289 e. The lowest BCUT2D eigenvalue weighted by atomic mass is 9.82. The predicted molar refractivity (Wildman–Crippen MR) is 211 cm³/mol. The standard InChI is InChI=1S/C40H56N8O9S/c1-6-10-29(33(49)38(53)44-25-13-14-25)45-36(51)31-21-27(57-26-15-17-28(18-16-26)58(55,56)41-5)23-48(31)39(54)34(40(2,3)4)47-37(52)32(24-11-8-7-9-12-24)46-35(50)30-22-42-19-20-43-30/h15-20,22,24-25,27,29,31-32,34,41H,6-14,21,23H2,1-5H3,(H,44,53)(H,45,51)(H,46,50)(H,47,52)/t27-,29+,31+,32+,34-/m1/s1. The van der Waals surface area contributed by atoms with Gasteiger partial charge in [-0.25, -0.2) is 18.1 Å². The molecule has 1 aliphatic heterocycles. The van der Waals surface area contributed by atoms with Gasteiger partial charge in [0, 0.05) is 24.9 Å². The van der Waals surface area contributed by atoms with Crippen LogP contribution >= 0.6 is 0 Å². The summed E-state index contributed by atoms with van der Waals surface area (Å²) in [5, 5.41) is 11.2. The number of nitrogens with one attached hydrogen (secondary N) is 5. The molecule has 5 atom stereocenters. The molecular weight excluding hydrogens is 769 g/mol. The first-order chi connectivity index (χ1) is 27.5. The lowest BCUT2D eigenvalue weighted by molar-refractivity contribution is -0.145. The van der Waals surface area contributed by atoms with Crippen LogP contribution < -0.4 is 30.7 Å². The van der Waals surface area contributed by atoms with E-state index in [9.17, 15) is 37.2 Å². The van der Waals surface area contributed by atoms with Crippen LogP contribution in [0.25, 0.3) is 0 Å². The van der Waals surface area contributed by atoms with Crippen molar-refractivity contribution < 1.29 is 41.9 Å². The average Bonchev–Trinajstić information content (AvgIpc) is 3.93. The number of rotatable bonds is 17. The Kier molecular flexibility index (Phi) is 14.6. The monoisotopic (exact) mass is 824 g/mol. The fraction of sp³-hybridized carbons (Fsp3) is 0.600.